The second-order valence-corrected chi connectivity index (χ2v) is 56.1. The van der Waals surface area contributed by atoms with E-state index in [1.54, 1.807) is 0 Å². The minimum atomic E-state index is -1.85. The Morgan fingerprint density at radius 3 is 0.308 bits per heavy atom. The summed E-state index contributed by atoms with van der Waals surface area (Å²) in [5.74, 6) is 0. The fourth-order valence-corrected chi connectivity index (χ4v) is 41.5. The summed E-state index contributed by atoms with van der Waals surface area (Å²) in [6, 6.07) is 0. The van der Waals surface area contributed by atoms with E-state index in [0.29, 0.717) is 0 Å². The van der Waals surface area contributed by atoms with E-state index in [9.17, 15) is 0 Å². The van der Waals surface area contributed by atoms with E-state index in [1.807, 2.05) is 0 Å². The maximum Gasteiger partial charge on any atom is 0.311 e. The summed E-state index contributed by atoms with van der Waals surface area (Å²) in [7, 11) is -14.2. The molecule has 0 aliphatic heterocycles. The summed E-state index contributed by atoms with van der Waals surface area (Å²) >= 11 is 0. The van der Waals surface area contributed by atoms with Crippen LogP contribution >= 0.6 is 0 Å². The summed E-state index contributed by atoms with van der Waals surface area (Å²) in [5, 5.41) is 0. The van der Waals surface area contributed by atoms with Crippen molar-refractivity contribution < 1.29 is 24.7 Å². The van der Waals surface area contributed by atoms with E-state index in [0.717, 1.165) is 0 Å². The zero-order valence-corrected chi connectivity index (χ0v) is 39.9. The lowest BCUT2D eigenvalue weighted by Gasteiger charge is -2.35. The average molecular weight is 710 g/mol. The first-order valence-electron chi connectivity index (χ1n) is 14.4. The predicted octanol–water partition coefficient (Wildman–Crippen LogP) is 10.2. The minimum Gasteiger partial charge on any atom is -0.437 e. The molecule has 0 atom stereocenters. The van der Waals surface area contributed by atoms with Gasteiger partial charge in [-0.2, -0.15) is 0 Å². The molecule has 0 aliphatic rings. The Kier molecular flexibility index (Phi) is 18.1. The molecule has 0 N–H and O–H groups in total. The largest absolute Gasteiger partial charge is 0.437 e. The quantitative estimate of drug-likeness (QED) is 0.188. The summed E-state index contributed by atoms with van der Waals surface area (Å²) in [6.45, 7) is 52.9. The number of hydrogen-bond acceptors (Lipinski definition) is 6. The molecule has 0 aromatic rings. The average Bonchev–Trinajstić information content (AvgIpc) is 2.28. The van der Waals surface area contributed by atoms with Crippen LogP contribution in [-0.2, 0) is 24.7 Å². The lowest BCUT2D eigenvalue weighted by atomic mass is 11.8. The van der Waals surface area contributed by atoms with E-state index < -0.39 is 75.6 Å². The van der Waals surface area contributed by atoms with E-state index in [4.69, 9.17) is 24.7 Å². The van der Waals surface area contributed by atoms with Crippen molar-refractivity contribution in [3.63, 3.8) is 0 Å². The fraction of sp³-hybridized carbons (Fsp3) is 1.00. The Balaban J connectivity index is -0.000000498. The number of hydrogen-bond donors (Lipinski definition) is 0. The topological polar surface area (TPSA) is 55.4 Å². The molecule has 0 spiro atoms. The second kappa shape index (κ2) is 15.6. The molecule has 0 fully saturated rings. The van der Waals surface area contributed by atoms with Crippen LogP contribution in [0, 0.1) is 0 Å². The molecule has 0 heterocycles. The molecule has 240 valence electrons. The van der Waals surface area contributed by atoms with E-state index in [1.165, 1.54) is 0 Å². The van der Waals surface area contributed by atoms with Crippen LogP contribution in [0.5, 0.6) is 0 Å². The molecule has 0 unspecified atom stereocenters. The smallest absolute Gasteiger partial charge is 0.311 e. The van der Waals surface area contributed by atoms with Gasteiger partial charge >= 0.3 is 25.7 Å². The van der Waals surface area contributed by atoms with Gasteiger partial charge in [-0.05, 0) is 157 Å². The van der Waals surface area contributed by atoms with Crippen molar-refractivity contribution in [3.05, 3.63) is 0 Å². The van der Waals surface area contributed by atoms with Gasteiger partial charge in [-0.25, -0.2) is 0 Å². The highest BCUT2D eigenvalue weighted by molar-refractivity contribution is 6.88. The molecule has 0 amide bonds. The summed E-state index contributed by atoms with van der Waals surface area (Å²) in [4.78, 5) is 0. The van der Waals surface area contributed by atoms with Crippen molar-refractivity contribution >= 4 is 75.6 Å². The van der Waals surface area contributed by atoms with Crippen molar-refractivity contribution in [1.29, 1.82) is 0 Å². The van der Waals surface area contributed by atoms with Gasteiger partial charge in [0.2, 0.25) is 0 Å². The van der Waals surface area contributed by atoms with Gasteiger partial charge in [0.05, 0.1) is 0 Å². The van der Waals surface area contributed by atoms with Crippen LogP contribution < -0.4 is 0 Å². The van der Waals surface area contributed by atoms with Crippen LogP contribution in [0.25, 0.3) is 0 Å². The summed E-state index contributed by atoms with van der Waals surface area (Å²) < 4.78 is 36.5. The Morgan fingerprint density at radius 1 is 0.179 bits per heavy atom. The van der Waals surface area contributed by atoms with E-state index in [-0.39, 0.29) is 0 Å². The molecular weight excluding hydrogens is 637 g/mol. The second-order valence-electron chi connectivity index (χ2n) is 17.5. The normalized spacial score (nSPS) is 14.8. The Bertz CT molecular complexity index is 543. The molecule has 39 heavy (non-hydrogen) atoms. The van der Waals surface area contributed by atoms with Gasteiger partial charge in [0, 0.05) is 0 Å². The van der Waals surface area contributed by atoms with Gasteiger partial charge in [-0.15, -0.1) is 0 Å². The maximum atomic E-state index is 6.09. The van der Waals surface area contributed by atoms with Crippen molar-refractivity contribution in [2.75, 3.05) is 0 Å². The van der Waals surface area contributed by atoms with Crippen LogP contribution in [0.2, 0.25) is 157 Å². The molecule has 0 saturated carbocycles. The highest BCUT2D eigenvalue weighted by Gasteiger charge is 2.37. The van der Waals surface area contributed by atoms with Crippen molar-refractivity contribution in [2.45, 2.75) is 157 Å². The lowest BCUT2D eigenvalue weighted by molar-refractivity contribution is 0.394. The molecule has 6 nitrogen and oxygen atoms in total. The van der Waals surface area contributed by atoms with Gasteiger partial charge in [-0.3, -0.25) is 0 Å². The van der Waals surface area contributed by atoms with Gasteiger partial charge in [-0.1, -0.05) is 0 Å². The molecule has 0 saturated heterocycles. The SMILES string of the molecule is C[Si](C)(C)O[Si](C)(C)O[Si](C)(C)C.C[Si](C)(C)O[Si](C)(C)O[Si](C)(C)C.C[Si](C)(C)O[Si](C)(C)O[Si](C)(C)C. The van der Waals surface area contributed by atoms with Gasteiger partial charge in [0.1, 0.15) is 0 Å². The first-order valence-corrected chi connectivity index (χ1v) is 43.3. The molecule has 0 radical (unpaired) electrons. The molecule has 0 bridgehead atoms. The third kappa shape index (κ3) is 39.7. The zero-order chi connectivity index (χ0) is 32.7. The predicted molar refractivity (Wildman–Crippen MR) is 199 cm³/mol. The maximum absolute atomic E-state index is 6.09. The molecule has 0 aromatic heterocycles. The first-order chi connectivity index (χ1) is 16.2. The van der Waals surface area contributed by atoms with Crippen LogP contribution in [0.3, 0.4) is 0 Å². The van der Waals surface area contributed by atoms with Gasteiger partial charge < -0.3 is 24.7 Å². The Morgan fingerprint density at radius 2 is 0.256 bits per heavy atom. The van der Waals surface area contributed by atoms with Crippen molar-refractivity contribution in [2.24, 2.45) is 0 Å². The zero-order valence-electron chi connectivity index (χ0n) is 30.9. The van der Waals surface area contributed by atoms with Crippen LogP contribution in [0.4, 0.5) is 0 Å². The number of rotatable bonds is 12. The Hall–Kier alpha value is 1.71. The van der Waals surface area contributed by atoms with Crippen LogP contribution in [0.15, 0.2) is 0 Å². The van der Waals surface area contributed by atoms with Crippen molar-refractivity contribution in [1.82, 2.24) is 0 Å². The molecule has 0 aromatic carbocycles. The Labute approximate surface area is 256 Å². The van der Waals surface area contributed by atoms with E-state index in [2.05, 4.69) is 157 Å². The fourth-order valence-electron chi connectivity index (χ4n) is 4.49. The lowest BCUT2D eigenvalue weighted by Crippen LogP contribution is -2.50. The first kappa shape index (κ1) is 45.1. The minimum absolute atomic E-state index is 1.43. The highest BCUT2D eigenvalue weighted by Crippen LogP contribution is 2.21. The third-order valence-electron chi connectivity index (χ3n) is 3.31. The van der Waals surface area contributed by atoms with Crippen molar-refractivity contribution in [3.8, 4) is 0 Å². The summed E-state index contributed by atoms with van der Waals surface area (Å²) in [5.41, 5.74) is 0. The molecule has 0 aliphatic carbocycles. The van der Waals surface area contributed by atoms with Gasteiger partial charge in [0.25, 0.3) is 0 Å². The van der Waals surface area contributed by atoms with Gasteiger partial charge in [0.15, 0.2) is 49.9 Å². The molecular formula is C24H72O6Si9. The third-order valence-corrected chi connectivity index (χ3v) is 29.8. The monoisotopic (exact) mass is 708 g/mol. The van der Waals surface area contributed by atoms with Crippen LogP contribution in [0.1, 0.15) is 0 Å². The molecule has 15 heteroatoms. The highest BCUT2D eigenvalue weighted by atomic mass is 28.5. The molecule has 0 rings (SSSR count). The summed E-state index contributed by atoms with van der Waals surface area (Å²) in [6.07, 6.45) is 0. The van der Waals surface area contributed by atoms with Crippen LogP contribution in [-0.4, -0.2) is 75.6 Å². The standard InChI is InChI=1S/3C8H24O2Si3/c3*1-11(2,3)9-13(7,8)10-12(4,5)6/h3*1-8H3. The van der Waals surface area contributed by atoms with E-state index >= 15 is 0 Å².